The summed E-state index contributed by atoms with van der Waals surface area (Å²) >= 11 is 0. The first-order chi connectivity index (χ1) is 8.55. The van der Waals surface area contributed by atoms with Crippen molar-refractivity contribution in [1.82, 2.24) is 4.31 Å². The van der Waals surface area contributed by atoms with E-state index in [0.29, 0.717) is 31.0 Å². The van der Waals surface area contributed by atoms with Crippen LogP contribution in [0.1, 0.15) is 19.8 Å². The summed E-state index contributed by atoms with van der Waals surface area (Å²) in [5.74, 6) is 0. The first-order valence-corrected chi connectivity index (χ1v) is 7.58. The minimum Gasteiger partial charge on any atom is -0.399 e. The second-order valence-corrected chi connectivity index (χ2v) is 6.22. The molecule has 6 heteroatoms. The Hall–Kier alpha value is -1.27. The van der Waals surface area contributed by atoms with Crippen molar-refractivity contribution in [2.75, 3.05) is 29.7 Å². The fourth-order valence-electron chi connectivity index (χ4n) is 2.18. The zero-order valence-electron chi connectivity index (χ0n) is 10.5. The average Bonchev–Trinajstić information content (AvgIpc) is 2.86. The Balaban J connectivity index is 2.30. The summed E-state index contributed by atoms with van der Waals surface area (Å²) in [4.78, 5) is 0. The van der Waals surface area contributed by atoms with Gasteiger partial charge in [-0.05, 0) is 44.0 Å². The SMILES string of the molecule is CCN(c1ccc(N)cc1)S(=O)(=O)N1CCCC1. The second-order valence-electron chi connectivity index (χ2n) is 4.37. The van der Waals surface area contributed by atoms with Crippen molar-refractivity contribution < 1.29 is 8.42 Å². The number of hydrogen-bond donors (Lipinski definition) is 1. The van der Waals surface area contributed by atoms with E-state index in [1.807, 2.05) is 6.92 Å². The summed E-state index contributed by atoms with van der Waals surface area (Å²) < 4.78 is 27.9. The van der Waals surface area contributed by atoms with Gasteiger partial charge in [0.15, 0.2) is 0 Å². The molecule has 0 bridgehead atoms. The Morgan fingerprint density at radius 2 is 1.78 bits per heavy atom. The van der Waals surface area contributed by atoms with E-state index in [1.54, 1.807) is 28.6 Å². The first kappa shape index (κ1) is 13.2. The lowest BCUT2D eigenvalue weighted by Crippen LogP contribution is -2.42. The molecule has 0 aliphatic carbocycles. The molecule has 1 aliphatic rings. The zero-order valence-corrected chi connectivity index (χ0v) is 11.4. The molecule has 0 saturated carbocycles. The van der Waals surface area contributed by atoms with Crippen LogP contribution < -0.4 is 10.0 Å². The molecular formula is C12H19N3O2S. The molecule has 1 aromatic carbocycles. The third kappa shape index (κ3) is 2.44. The number of nitrogens with zero attached hydrogens (tertiary/aromatic N) is 2. The molecule has 1 aliphatic heterocycles. The quantitative estimate of drug-likeness (QED) is 0.841. The lowest BCUT2D eigenvalue weighted by Gasteiger charge is -2.27. The molecule has 0 spiro atoms. The number of rotatable bonds is 4. The smallest absolute Gasteiger partial charge is 0.304 e. The third-order valence-electron chi connectivity index (χ3n) is 3.14. The van der Waals surface area contributed by atoms with E-state index >= 15 is 0 Å². The van der Waals surface area contributed by atoms with Gasteiger partial charge < -0.3 is 5.73 Å². The standard InChI is InChI=1S/C12H19N3O2S/c1-2-15(12-7-5-11(13)6-8-12)18(16,17)14-9-3-4-10-14/h5-8H,2-4,9-10,13H2,1H3. The monoisotopic (exact) mass is 269 g/mol. The topological polar surface area (TPSA) is 66.6 Å². The molecular weight excluding hydrogens is 250 g/mol. The van der Waals surface area contributed by atoms with Gasteiger partial charge in [-0.15, -0.1) is 0 Å². The number of nitrogen functional groups attached to an aromatic ring is 1. The van der Waals surface area contributed by atoms with Crippen molar-refractivity contribution in [3.8, 4) is 0 Å². The van der Waals surface area contributed by atoms with Gasteiger partial charge in [-0.3, -0.25) is 4.31 Å². The number of benzene rings is 1. The van der Waals surface area contributed by atoms with E-state index in [-0.39, 0.29) is 0 Å². The highest BCUT2D eigenvalue weighted by atomic mass is 32.2. The van der Waals surface area contributed by atoms with Crippen LogP contribution in [-0.2, 0) is 10.2 Å². The molecule has 100 valence electrons. The molecule has 1 saturated heterocycles. The van der Waals surface area contributed by atoms with Crippen LogP contribution in [0, 0.1) is 0 Å². The Bertz CT molecular complexity index is 493. The minimum absolute atomic E-state index is 0.419. The fourth-order valence-corrected chi connectivity index (χ4v) is 3.89. The van der Waals surface area contributed by atoms with E-state index in [1.165, 1.54) is 4.31 Å². The van der Waals surface area contributed by atoms with Crippen molar-refractivity contribution in [3.05, 3.63) is 24.3 Å². The summed E-state index contributed by atoms with van der Waals surface area (Å²) in [7, 11) is -3.39. The van der Waals surface area contributed by atoms with Crippen molar-refractivity contribution in [1.29, 1.82) is 0 Å². The third-order valence-corrected chi connectivity index (χ3v) is 5.18. The predicted molar refractivity (Wildman–Crippen MR) is 73.6 cm³/mol. The highest BCUT2D eigenvalue weighted by molar-refractivity contribution is 7.90. The van der Waals surface area contributed by atoms with Crippen LogP contribution in [0.2, 0.25) is 0 Å². The highest BCUT2D eigenvalue weighted by Crippen LogP contribution is 2.23. The molecule has 1 heterocycles. The van der Waals surface area contributed by atoms with Crippen molar-refractivity contribution in [2.24, 2.45) is 0 Å². The van der Waals surface area contributed by atoms with Crippen LogP contribution in [0.4, 0.5) is 11.4 Å². The Morgan fingerprint density at radius 1 is 1.22 bits per heavy atom. The molecule has 2 rings (SSSR count). The van der Waals surface area contributed by atoms with Crippen LogP contribution in [0.15, 0.2) is 24.3 Å². The Labute approximate surface area is 108 Å². The molecule has 5 nitrogen and oxygen atoms in total. The molecule has 1 fully saturated rings. The molecule has 18 heavy (non-hydrogen) atoms. The Morgan fingerprint density at radius 3 is 2.28 bits per heavy atom. The van der Waals surface area contributed by atoms with Gasteiger partial charge in [-0.25, -0.2) is 0 Å². The fraction of sp³-hybridized carbons (Fsp3) is 0.500. The van der Waals surface area contributed by atoms with Gasteiger partial charge in [0, 0.05) is 25.3 Å². The maximum absolute atomic E-state index is 12.5. The van der Waals surface area contributed by atoms with Crippen molar-refractivity contribution in [3.63, 3.8) is 0 Å². The number of hydrogen-bond acceptors (Lipinski definition) is 3. The van der Waals surface area contributed by atoms with Gasteiger partial charge in [-0.2, -0.15) is 12.7 Å². The van der Waals surface area contributed by atoms with Crippen LogP contribution in [0.5, 0.6) is 0 Å². The molecule has 0 atom stereocenters. The van der Waals surface area contributed by atoms with Gasteiger partial charge in [0.05, 0.1) is 5.69 Å². The summed E-state index contributed by atoms with van der Waals surface area (Å²) in [5.41, 5.74) is 6.92. The minimum atomic E-state index is -3.39. The molecule has 0 amide bonds. The highest BCUT2D eigenvalue weighted by Gasteiger charge is 2.30. The van der Waals surface area contributed by atoms with Gasteiger partial charge in [0.1, 0.15) is 0 Å². The normalized spacial score (nSPS) is 16.9. The van der Waals surface area contributed by atoms with E-state index in [9.17, 15) is 8.42 Å². The largest absolute Gasteiger partial charge is 0.399 e. The van der Waals surface area contributed by atoms with Gasteiger partial charge in [-0.1, -0.05) is 0 Å². The summed E-state index contributed by atoms with van der Waals surface area (Å²) in [6, 6.07) is 6.92. The first-order valence-electron chi connectivity index (χ1n) is 6.19. The summed E-state index contributed by atoms with van der Waals surface area (Å²) in [6.07, 6.45) is 1.89. The van der Waals surface area contributed by atoms with Crippen LogP contribution >= 0.6 is 0 Å². The van der Waals surface area contributed by atoms with E-state index < -0.39 is 10.2 Å². The summed E-state index contributed by atoms with van der Waals surface area (Å²) in [6.45, 7) is 3.49. The van der Waals surface area contributed by atoms with Gasteiger partial charge >= 0.3 is 10.2 Å². The van der Waals surface area contributed by atoms with E-state index in [0.717, 1.165) is 12.8 Å². The maximum atomic E-state index is 12.5. The van der Waals surface area contributed by atoms with Crippen molar-refractivity contribution >= 4 is 21.6 Å². The van der Waals surface area contributed by atoms with E-state index in [2.05, 4.69) is 0 Å². The van der Waals surface area contributed by atoms with Crippen LogP contribution in [-0.4, -0.2) is 32.4 Å². The lowest BCUT2D eigenvalue weighted by atomic mass is 10.3. The molecule has 0 unspecified atom stereocenters. The molecule has 2 N–H and O–H groups in total. The molecule has 0 radical (unpaired) electrons. The number of anilines is 2. The van der Waals surface area contributed by atoms with Crippen molar-refractivity contribution in [2.45, 2.75) is 19.8 Å². The average molecular weight is 269 g/mol. The van der Waals surface area contributed by atoms with E-state index in [4.69, 9.17) is 5.73 Å². The van der Waals surface area contributed by atoms with Gasteiger partial charge in [0.25, 0.3) is 0 Å². The van der Waals surface area contributed by atoms with Gasteiger partial charge in [0.2, 0.25) is 0 Å². The van der Waals surface area contributed by atoms with Crippen LogP contribution in [0.25, 0.3) is 0 Å². The zero-order chi connectivity index (χ0) is 13.2. The predicted octanol–water partition coefficient (Wildman–Crippen LogP) is 1.44. The molecule has 1 aromatic rings. The lowest BCUT2D eigenvalue weighted by molar-refractivity contribution is 0.474. The van der Waals surface area contributed by atoms with Crippen LogP contribution in [0.3, 0.4) is 0 Å². The second kappa shape index (κ2) is 5.16. The maximum Gasteiger partial charge on any atom is 0.304 e. The number of nitrogens with two attached hydrogens (primary N) is 1. The Kier molecular flexibility index (Phi) is 3.77. The molecule has 0 aromatic heterocycles. The summed E-state index contributed by atoms with van der Waals surface area (Å²) in [5, 5.41) is 0.